The minimum atomic E-state index is 0.295. The summed E-state index contributed by atoms with van der Waals surface area (Å²) in [4.78, 5) is 2.51. The number of rotatable bonds is 6. The molecule has 1 aromatic carbocycles. The average Bonchev–Trinajstić information content (AvgIpc) is 3.23. The highest BCUT2D eigenvalue weighted by Crippen LogP contribution is 2.39. The van der Waals surface area contributed by atoms with Crippen LogP contribution < -0.4 is 15.0 Å². The number of hydrogen-bond acceptors (Lipinski definition) is 3. The molecule has 2 rings (SSSR count). The molecule has 1 aliphatic carbocycles. The number of ether oxygens (including phenoxy) is 1. The topological polar surface area (TPSA) is 24.5 Å². The molecule has 1 unspecified atom stereocenters. The molecule has 3 nitrogen and oxygen atoms in total. The van der Waals surface area contributed by atoms with Gasteiger partial charge in [-0.15, -0.1) is 0 Å². The lowest BCUT2D eigenvalue weighted by Crippen LogP contribution is -2.28. The van der Waals surface area contributed by atoms with Gasteiger partial charge in [-0.05, 0) is 45.9 Å². The van der Waals surface area contributed by atoms with Crippen molar-refractivity contribution in [1.82, 2.24) is 5.32 Å². The Morgan fingerprint density at radius 3 is 2.67 bits per heavy atom. The maximum atomic E-state index is 5.54. The molecule has 0 aliphatic heterocycles. The molecule has 1 aromatic rings. The predicted octanol–water partition coefficient (Wildman–Crippen LogP) is 2.96. The number of nitrogens with zero attached hydrogens (tertiary/aromatic N) is 1. The van der Waals surface area contributed by atoms with Gasteiger partial charge >= 0.3 is 0 Å². The monoisotopic (exact) mass is 248 g/mol. The van der Waals surface area contributed by atoms with Crippen LogP contribution in [0.2, 0.25) is 0 Å². The molecule has 1 fully saturated rings. The summed E-state index contributed by atoms with van der Waals surface area (Å²) in [7, 11) is 3.74. The Balaban J connectivity index is 2.43. The van der Waals surface area contributed by atoms with Crippen molar-refractivity contribution in [3.63, 3.8) is 0 Å². The lowest BCUT2D eigenvalue weighted by Gasteiger charge is -2.29. The van der Waals surface area contributed by atoms with Crippen molar-refractivity contribution in [2.45, 2.75) is 38.8 Å². The Hall–Kier alpha value is -1.22. The summed E-state index contributed by atoms with van der Waals surface area (Å²) >= 11 is 0. The summed E-state index contributed by atoms with van der Waals surface area (Å²) in [6.45, 7) is 5.47. The van der Waals surface area contributed by atoms with Gasteiger partial charge in [0, 0.05) is 29.9 Å². The van der Waals surface area contributed by atoms with Crippen molar-refractivity contribution in [3.8, 4) is 5.75 Å². The first-order valence-corrected chi connectivity index (χ1v) is 6.83. The minimum Gasteiger partial charge on any atom is -0.496 e. The highest BCUT2D eigenvalue weighted by molar-refractivity contribution is 5.62. The van der Waals surface area contributed by atoms with E-state index in [4.69, 9.17) is 4.74 Å². The zero-order valence-corrected chi connectivity index (χ0v) is 11.9. The Morgan fingerprint density at radius 1 is 1.44 bits per heavy atom. The third-order valence-electron chi connectivity index (χ3n) is 3.77. The molecule has 0 radical (unpaired) electrons. The lowest BCUT2D eigenvalue weighted by atomic mass is 10.0. The van der Waals surface area contributed by atoms with E-state index in [1.54, 1.807) is 7.11 Å². The van der Waals surface area contributed by atoms with Crippen LogP contribution in [-0.4, -0.2) is 26.7 Å². The van der Waals surface area contributed by atoms with Gasteiger partial charge in [0.25, 0.3) is 0 Å². The van der Waals surface area contributed by atoms with Crippen LogP contribution in [0, 0.1) is 0 Å². The first-order chi connectivity index (χ1) is 8.72. The number of anilines is 1. The standard InChI is InChI=1S/C15H24N2O/c1-5-17(12-9-10-12)13-7-6-8-14(18-4)15(13)11(2)16-3/h6-8,11-12,16H,5,9-10H2,1-4H3. The predicted molar refractivity (Wildman–Crippen MR) is 76.5 cm³/mol. The fourth-order valence-corrected chi connectivity index (χ4v) is 2.55. The smallest absolute Gasteiger partial charge is 0.125 e. The highest BCUT2D eigenvalue weighted by atomic mass is 16.5. The Kier molecular flexibility index (Phi) is 4.12. The molecule has 3 heteroatoms. The van der Waals surface area contributed by atoms with Gasteiger partial charge in [0.05, 0.1) is 7.11 Å². The zero-order chi connectivity index (χ0) is 13.1. The van der Waals surface area contributed by atoms with Gasteiger partial charge in [-0.3, -0.25) is 0 Å². The maximum absolute atomic E-state index is 5.54. The first-order valence-electron chi connectivity index (χ1n) is 6.83. The molecule has 1 atom stereocenters. The van der Waals surface area contributed by atoms with Crippen molar-refractivity contribution in [1.29, 1.82) is 0 Å². The van der Waals surface area contributed by atoms with Crippen LogP contribution in [0.1, 0.15) is 38.3 Å². The second kappa shape index (κ2) is 5.61. The van der Waals surface area contributed by atoms with Crippen LogP contribution >= 0.6 is 0 Å². The Morgan fingerprint density at radius 2 is 2.17 bits per heavy atom. The molecule has 0 spiro atoms. The number of nitrogens with one attached hydrogen (secondary N) is 1. The van der Waals surface area contributed by atoms with Crippen molar-refractivity contribution >= 4 is 5.69 Å². The van der Waals surface area contributed by atoms with Crippen molar-refractivity contribution in [2.24, 2.45) is 0 Å². The normalized spacial score (nSPS) is 16.4. The molecule has 0 bridgehead atoms. The highest BCUT2D eigenvalue weighted by Gasteiger charge is 2.30. The molecule has 18 heavy (non-hydrogen) atoms. The molecule has 1 aliphatic rings. The molecule has 1 saturated carbocycles. The van der Waals surface area contributed by atoms with Gasteiger partial charge in [0.15, 0.2) is 0 Å². The van der Waals surface area contributed by atoms with E-state index in [0.29, 0.717) is 6.04 Å². The quantitative estimate of drug-likeness (QED) is 0.837. The van der Waals surface area contributed by atoms with Crippen LogP contribution in [0.25, 0.3) is 0 Å². The first kappa shape index (κ1) is 13.2. The number of hydrogen-bond donors (Lipinski definition) is 1. The third kappa shape index (κ3) is 2.46. The summed E-state index contributed by atoms with van der Waals surface area (Å²) in [6, 6.07) is 7.38. The molecule has 0 saturated heterocycles. The van der Waals surface area contributed by atoms with Gasteiger partial charge in [0.2, 0.25) is 0 Å². The van der Waals surface area contributed by atoms with Gasteiger partial charge in [-0.2, -0.15) is 0 Å². The second-order valence-electron chi connectivity index (χ2n) is 4.92. The SMILES string of the molecule is CCN(c1cccc(OC)c1C(C)NC)C1CC1. The van der Waals surface area contributed by atoms with Crippen LogP contribution in [0.5, 0.6) is 5.75 Å². The van der Waals surface area contributed by atoms with Crippen molar-refractivity contribution in [3.05, 3.63) is 23.8 Å². The van der Waals surface area contributed by atoms with Gasteiger partial charge in [0.1, 0.15) is 5.75 Å². The van der Waals surface area contributed by atoms with Gasteiger partial charge < -0.3 is 15.0 Å². The molecule has 0 heterocycles. The lowest BCUT2D eigenvalue weighted by molar-refractivity contribution is 0.404. The van der Waals surface area contributed by atoms with Crippen molar-refractivity contribution in [2.75, 3.05) is 25.6 Å². The fraction of sp³-hybridized carbons (Fsp3) is 0.600. The number of methoxy groups -OCH3 is 1. The fourth-order valence-electron chi connectivity index (χ4n) is 2.55. The largest absolute Gasteiger partial charge is 0.496 e. The number of benzene rings is 1. The average molecular weight is 248 g/mol. The van der Waals surface area contributed by atoms with Crippen LogP contribution in [0.3, 0.4) is 0 Å². The van der Waals surface area contributed by atoms with E-state index >= 15 is 0 Å². The van der Waals surface area contributed by atoms with E-state index < -0.39 is 0 Å². The second-order valence-corrected chi connectivity index (χ2v) is 4.92. The van der Waals surface area contributed by atoms with Crippen LogP contribution in [0.4, 0.5) is 5.69 Å². The van der Waals surface area contributed by atoms with E-state index in [1.165, 1.54) is 24.1 Å². The van der Waals surface area contributed by atoms with Crippen LogP contribution in [0.15, 0.2) is 18.2 Å². The van der Waals surface area contributed by atoms with Crippen molar-refractivity contribution < 1.29 is 4.74 Å². The Labute approximate surface area is 110 Å². The molecule has 0 amide bonds. The summed E-state index contributed by atoms with van der Waals surface area (Å²) < 4.78 is 5.54. The summed E-state index contributed by atoms with van der Waals surface area (Å²) in [5.74, 6) is 0.980. The third-order valence-corrected chi connectivity index (χ3v) is 3.77. The van der Waals surface area contributed by atoms with Crippen LogP contribution in [-0.2, 0) is 0 Å². The molecule has 1 N–H and O–H groups in total. The molecule has 0 aromatic heterocycles. The molecular formula is C15H24N2O. The summed E-state index contributed by atoms with van der Waals surface area (Å²) in [5, 5.41) is 3.33. The summed E-state index contributed by atoms with van der Waals surface area (Å²) in [5.41, 5.74) is 2.59. The minimum absolute atomic E-state index is 0.295. The van der Waals surface area contributed by atoms with Gasteiger partial charge in [-0.1, -0.05) is 6.07 Å². The molecule has 100 valence electrons. The van der Waals surface area contributed by atoms with E-state index in [0.717, 1.165) is 18.3 Å². The van der Waals surface area contributed by atoms with Gasteiger partial charge in [-0.25, -0.2) is 0 Å². The van der Waals surface area contributed by atoms with E-state index in [2.05, 4.69) is 36.2 Å². The van der Waals surface area contributed by atoms with E-state index in [-0.39, 0.29) is 0 Å². The molecular weight excluding hydrogens is 224 g/mol. The Bertz CT molecular complexity index is 401. The van der Waals surface area contributed by atoms with E-state index in [9.17, 15) is 0 Å². The summed E-state index contributed by atoms with van der Waals surface area (Å²) in [6.07, 6.45) is 2.64. The maximum Gasteiger partial charge on any atom is 0.125 e. The van der Waals surface area contributed by atoms with E-state index in [1.807, 2.05) is 13.1 Å². The zero-order valence-electron chi connectivity index (χ0n) is 11.9.